The first-order chi connectivity index (χ1) is 15.0. The highest BCUT2D eigenvalue weighted by Gasteiger charge is 2.21. The molecule has 10 heteroatoms. The number of ether oxygens (including phenoxy) is 2. The van der Waals surface area contributed by atoms with Crippen LogP contribution in [0.15, 0.2) is 39.7 Å². The van der Waals surface area contributed by atoms with Crippen molar-refractivity contribution in [2.24, 2.45) is 10.7 Å². The number of benzene rings is 1. The number of aliphatic imine (C=N–C) groups is 1. The van der Waals surface area contributed by atoms with Gasteiger partial charge in [-0.3, -0.25) is 9.69 Å². The molecule has 9 nitrogen and oxygen atoms in total. The number of amides is 1. The van der Waals surface area contributed by atoms with Crippen molar-refractivity contribution >= 4 is 35.8 Å². The molecule has 3 rings (SSSR count). The molecule has 1 aliphatic heterocycles. The van der Waals surface area contributed by atoms with Crippen molar-refractivity contribution in [1.82, 2.24) is 15.1 Å². The molecular formula is C22H32IN5O4. The van der Waals surface area contributed by atoms with Crippen molar-refractivity contribution in [1.29, 1.82) is 0 Å². The molecule has 1 aliphatic rings. The number of guanidine groups is 1. The average Bonchev–Trinajstić information content (AvgIpc) is 3.26. The van der Waals surface area contributed by atoms with Crippen molar-refractivity contribution in [3.63, 3.8) is 0 Å². The van der Waals surface area contributed by atoms with E-state index in [0.717, 1.165) is 62.3 Å². The number of nitrogens with zero attached hydrogens (tertiary/aromatic N) is 3. The molecule has 3 N–H and O–H groups in total. The summed E-state index contributed by atoms with van der Waals surface area (Å²) in [6.45, 7) is 7.45. The van der Waals surface area contributed by atoms with E-state index in [4.69, 9.17) is 19.6 Å². The van der Waals surface area contributed by atoms with Gasteiger partial charge in [0, 0.05) is 44.8 Å². The third kappa shape index (κ3) is 6.76. The van der Waals surface area contributed by atoms with Crippen molar-refractivity contribution < 1.29 is 18.7 Å². The van der Waals surface area contributed by atoms with Gasteiger partial charge in [-0.25, -0.2) is 4.99 Å². The van der Waals surface area contributed by atoms with Gasteiger partial charge in [-0.15, -0.1) is 24.0 Å². The predicted molar refractivity (Wildman–Crippen MR) is 134 cm³/mol. The number of furan rings is 1. The van der Waals surface area contributed by atoms with Crippen LogP contribution in [-0.2, 0) is 13.1 Å². The molecule has 176 valence electrons. The van der Waals surface area contributed by atoms with Crippen LogP contribution < -0.4 is 20.5 Å². The Hall–Kier alpha value is -2.47. The number of carbonyl (C=O) groups excluding carboxylic acids is 1. The van der Waals surface area contributed by atoms with E-state index in [1.165, 1.54) is 0 Å². The third-order valence-corrected chi connectivity index (χ3v) is 5.18. The number of piperazine rings is 1. The SMILES string of the molecule is CCNC(=NCc1ccc(C(N)=O)o1)N1CCN(Cc2cc(OC)ccc2OC)CC1.I. The Labute approximate surface area is 205 Å². The predicted octanol–water partition coefficient (Wildman–Crippen LogP) is 2.30. The number of methoxy groups -OCH3 is 2. The molecule has 0 aliphatic carbocycles. The molecule has 0 saturated carbocycles. The fourth-order valence-electron chi connectivity index (χ4n) is 3.54. The zero-order valence-electron chi connectivity index (χ0n) is 18.8. The molecule has 0 spiro atoms. The zero-order valence-corrected chi connectivity index (χ0v) is 21.1. The Bertz CT molecular complexity index is 909. The highest BCUT2D eigenvalue weighted by molar-refractivity contribution is 14.0. The van der Waals surface area contributed by atoms with Gasteiger partial charge in [-0.1, -0.05) is 0 Å². The van der Waals surface area contributed by atoms with Crippen LogP contribution in [0.2, 0.25) is 0 Å². The molecule has 1 aromatic heterocycles. The highest BCUT2D eigenvalue weighted by Crippen LogP contribution is 2.25. The Morgan fingerprint density at radius 2 is 1.91 bits per heavy atom. The van der Waals surface area contributed by atoms with Gasteiger partial charge in [0.1, 0.15) is 23.8 Å². The van der Waals surface area contributed by atoms with Gasteiger partial charge in [0.05, 0.1) is 14.2 Å². The van der Waals surface area contributed by atoms with E-state index in [1.54, 1.807) is 26.4 Å². The fraction of sp³-hybridized carbons (Fsp3) is 0.455. The maximum Gasteiger partial charge on any atom is 0.284 e. The first-order valence-electron chi connectivity index (χ1n) is 10.4. The van der Waals surface area contributed by atoms with Crippen LogP contribution in [0.4, 0.5) is 0 Å². The summed E-state index contributed by atoms with van der Waals surface area (Å²) >= 11 is 0. The normalized spacial score (nSPS) is 14.6. The van der Waals surface area contributed by atoms with Crippen molar-refractivity contribution in [2.45, 2.75) is 20.0 Å². The van der Waals surface area contributed by atoms with E-state index >= 15 is 0 Å². The molecule has 32 heavy (non-hydrogen) atoms. The molecule has 0 radical (unpaired) electrons. The van der Waals surface area contributed by atoms with Gasteiger partial charge < -0.3 is 29.8 Å². The van der Waals surface area contributed by atoms with Crippen LogP contribution in [0.1, 0.15) is 28.8 Å². The summed E-state index contributed by atoms with van der Waals surface area (Å²) in [7, 11) is 3.36. The van der Waals surface area contributed by atoms with E-state index in [0.29, 0.717) is 12.3 Å². The second-order valence-electron chi connectivity index (χ2n) is 7.24. The van der Waals surface area contributed by atoms with E-state index in [-0.39, 0.29) is 29.7 Å². The molecular weight excluding hydrogens is 525 g/mol. The molecule has 1 aromatic carbocycles. The summed E-state index contributed by atoms with van der Waals surface area (Å²) in [6, 6.07) is 9.18. The molecule has 2 aromatic rings. The largest absolute Gasteiger partial charge is 0.497 e. The van der Waals surface area contributed by atoms with E-state index in [9.17, 15) is 4.79 Å². The lowest BCUT2D eigenvalue weighted by atomic mass is 10.1. The molecule has 0 bridgehead atoms. The Kier molecular flexibility index (Phi) is 10.1. The average molecular weight is 557 g/mol. The first-order valence-corrected chi connectivity index (χ1v) is 10.4. The molecule has 1 amide bonds. The molecule has 0 atom stereocenters. The van der Waals surface area contributed by atoms with Crippen LogP contribution in [0, 0.1) is 0 Å². The number of rotatable bonds is 8. The minimum Gasteiger partial charge on any atom is -0.497 e. The highest BCUT2D eigenvalue weighted by atomic mass is 127. The smallest absolute Gasteiger partial charge is 0.284 e. The van der Waals surface area contributed by atoms with E-state index < -0.39 is 5.91 Å². The van der Waals surface area contributed by atoms with Crippen molar-refractivity contribution in [3.8, 4) is 11.5 Å². The number of halogens is 1. The molecule has 0 unspecified atom stereocenters. The quantitative estimate of drug-likeness (QED) is 0.292. The summed E-state index contributed by atoms with van der Waals surface area (Å²) in [6.07, 6.45) is 0. The van der Waals surface area contributed by atoms with E-state index in [1.807, 2.05) is 25.1 Å². The number of nitrogens with two attached hydrogens (primary N) is 1. The van der Waals surface area contributed by atoms with Crippen molar-refractivity contribution in [2.75, 3.05) is 46.9 Å². The van der Waals surface area contributed by atoms with Gasteiger partial charge in [0.25, 0.3) is 5.91 Å². The monoisotopic (exact) mass is 557 g/mol. The molecule has 2 heterocycles. The lowest BCUT2D eigenvalue weighted by molar-refractivity contribution is 0.0972. The van der Waals surface area contributed by atoms with Gasteiger partial charge in [-0.05, 0) is 37.3 Å². The van der Waals surface area contributed by atoms with Gasteiger partial charge in [0.2, 0.25) is 0 Å². The number of hydrogen-bond acceptors (Lipinski definition) is 6. The fourth-order valence-corrected chi connectivity index (χ4v) is 3.54. The lowest BCUT2D eigenvalue weighted by Crippen LogP contribution is -2.52. The minimum absolute atomic E-state index is 0. The molecule has 1 fully saturated rings. The number of nitrogens with one attached hydrogen (secondary N) is 1. The maximum atomic E-state index is 11.2. The van der Waals surface area contributed by atoms with Gasteiger partial charge in [0.15, 0.2) is 11.7 Å². The zero-order chi connectivity index (χ0) is 22.2. The van der Waals surface area contributed by atoms with Crippen LogP contribution in [0.3, 0.4) is 0 Å². The summed E-state index contributed by atoms with van der Waals surface area (Å²) in [4.78, 5) is 20.5. The third-order valence-electron chi connectivity index (χ3n) is 5.18. The number of carbonyl (C=O) groups is 1. The Balaban J connectivity index is 0.00000363. The number of hydrogen-bond donors (Lipinski definition) is 2. The summed E-state index contributed by atoms with van der Waals surface area (Å²) in [5.41, 5.74) is 6.35. The summed E-state index contributed by atoms with van der Waals surface area (Å²) in [5, 5.41) is 3.34. The van der Waals surface area contributed by atoms with Gasteiger partial charge in [-0.2, -0.15) is 0 Å². The Morgan fingerprint density at radius 1 is 1.16 bits per heavy atom. The summed E-state index contributed by atoms with van der Waals surface area (Å²) < 4.78 is 16.3. The van der Waals surface area contributed by atoms with Crippen molar-refractivity contribution in [3.05, 3.63) is 47.4 Å². The summed E-state index contributed by atoms with van der Waals surface area (Å²) in [5.74, 6) is 2.70. The molecule has 1 saturated heterocycles. The second-order valence-corrected chi connectivity index (χ2v) is 7.24. The second kappa shape index (κ2) is 12.5. The van der Waals surface area contributed by atoms with Gasteiger partial charge >= 0.3 is 0 Å². The van der Waals surface area contributed by atoms with E-state index in [2.05, 4.69) is 20.1 Å². The van der Waals surface area contributed by atoms with Crippen LogP contribution in [-0.4, -0.2) is 68.6 Å². The van der Waals surface area contributed by atoms with Crippen LogP contribution in [0.5, 0.6) is 11.5 Å². The first kappa shape index (κ1) is 25.8. The standard InChI is InChI=1S/C22H31N5O4.HI/c1-4-24-22(25-14-18-6-8-20(31-18)21(23)28)27-11-9-26(10-12-27)15-16-13-17(29-2)5-7-19(16)30-3;/h5-8,13H,4,9-12,14-15H2,1-3H3,(H2,23,28)(H,24,25);1H. The minimum atomic E-state index is -0.578. The lowest BCUT2D eigenvalue weighted by Gasteiger charge is -2.36. The maximum absolute atomic E-state index is 11.2. The Morgan fingerprint density at radius 3 is 2.50 bits per heavy atom. The van der Waals surface area contributed by atoms with Crippen LogP contribution in [0.25, 0.3) is 0 Å². The van der Waals surface area contributed by atoms with Crippen LogP contribution >= 0.6 is 24.0 Å². The number of primary amides is 1. The topological polar surface area (TPSA) is 106 Å².